The molecule has 1 aliphatic rings. The fourth-order valence-electron chi connectivity index (χ4n) is 2.25. The van der Waals surface area contributed by atoms with Gasteiger partial charge in [0.25, 0.3) is 5.91 Å². The van der Waals surface area contributed by atoms with Gasteiger partial charge in [-0.1, -0.05) is 12.8 Å². The third kappa shape index (κ3) is 2.90. The number of hydrogen-bond acceptors (Lipinski definition) is 3. The maximum Gasteiger partial charge on any atom is 0.255 e. The molecule has 3 N–H and O–H groups in total. The molecule has 0 radical (unpaired) electrons. The van der Waals surface area contributed by atoms with Gasteiger partial charge in [0, 0.05) is 6.54 Å². The fourth-order valence-corrected chi connectivity index (χ4v) is 2.25. The number of benzene rings is 1. The minimum Gasteiger partial charge on any atom is -0.508 e. The average molecular weight is 235 g/mol. The van der Waals surface area contributed by atoms with Crippen LogP contribution in [0.5, 0.6) is 11.5 Å². The molecule has 1 aliphatic carbocycles. The zero-order chi connectivity index (χ0) is 12.3. The van der Waals surface area contributed by atoms with Crippen molar-refractivity contribution in [3.63, 3.8) is 0 Å². The number of carbonyl (C=O) groups excluding carboxylic acids is 1. The summed E-state index contributed by atoms with van der Waals surface area (Å²) >= 11 is 0. The number of amides is 1. The summed E-state index contributed by atoms with van der Waals surface area (Å²) in [7, 11) is 0. The van der Waals surface area contributed by atoms with E-state index < -0.39 is 0 Å². The van der Waals surface area contributed by atoms with E-state index in [9.17, 15) is 15.0 Å². The molecule has 1 amide bonds. The van der Waals surface area contributed by atoms with Crippen molar-refractivity contribution in [2.45, 2.75) is 25.7 Å². The van der Waals surface area contributed by atoms with Crippen molar-refractivity contribution in [3.05, 3.63) is 23.8 Å². The molecule has 92 valence electrons. The van der Waals surface area contributed by atoms with Crippen LogP contribution in [0.1, 0.15) is 36.0 Å². The van der Waals surface area contributed by atoms with E-state index in [1.165, 1.54) is 31.0 Å². The van der Waals surface area contributed by atoms with E-state index in [2.05, 4.69) is 5.32 Å². The van der Waals surface area contributed by atoms with Crippen LogP contribution in [0.25, 0.3) is 0 Å². The molecule has 0 bridgehead atoms. The molecule has 1 fully saturated rings. The molecular weight excluding hydrogens is 218 g/mol. The number of hydrogen-bond donors (Lipinski definition) is 3. The summed E-state index contributed by atoms with van der Waals surface area (Å²) in [6, 6.07) is 3.95. The lowest BCUT2D eigenvalue weighted by Gasteiger charge is -2.11. The Labute approximate surface area is 100 Å². The quantitative estimate of drug-likeness (QED) is 0.702. The highest BCUT2D eigenvalue weighted by Crippen LogP contribution is 2.25. The van der Waals surface area contributed by atoms with E-state index in [0.717, 1.165) is 12.8 Å². The first-order valence-electron chi connectivity index (χ1n) is 5.97. The Morgan fingerprint density at radius 2 is 2.00 bits per heavy atom. The highest BCUT2D eigenvalue weighted by Gasteiger charge is 2.17. The molecule has 1 aromatic carbocycles. The summed E-state index contributed by atoms with van der Waals surface area (Å²) in [5, 5.41) is 21.6. The van der Waals surface area contributed by atoms with Crippen molar-refractivity contribution in [3.8, 4) is 11.5 Å². The van der Waals surface area contributed by atoms with Crippen LogP contribution in [0.4, 0.5) is 0 Å². The van der Waals surface area contributed by atoms with Crippen LogP contribution >= 0.6 is 0 Å². The molecule has 0 aliphatic heterocycles. The first-order chi connectivity index (χ1) is 8.16. The molecular formula is C13H17NO3. The lowest BCUT2D eigenvalue weighted by molar-refractivity contribution is 0.0944. The number of phenolic OH excluding ortho intramolecular Hbond substituents is 2. The van der Waals surface area contributed by atoms with Gasteiger partial charge in [-0.2, -0.15) is 0 Å². The van der Waals surface area contributed by atoms with E-state index in [1.54, 1.807) is 0 Å². The highest BCUT2D eigenvalue weighted by atomic mass is 16.3. The summed E-state index contributed by atoms with van der Waals surface area (Å²) in [5.41, 5.74) is 0.128. The zero-order valence-corrected chi connectivity index (χ0v) is 9.65. The van der Waals surface area contributed by atoms with Crippen molar-refractivity contribution >= 4 is 5.91 Å². The lowest BCUT2D eigenvalue weighted by atomic mass is 10.1. The molecule has 0 saturated heterocycles. The minimum atomic E-state index is -0.328. The maximum atomic E-state index is 11.8. The third-order valence-electron chi connectivity index (χ3n) is 3.25. The van der Waals surface area contributed by atoms with Crippen LogP contribution in [0.2, 0.25) is 0 Å². The first kappa shape index (κ1) is 11.8. The van der Waals surface area contributed by atoms with Crippen molar-refractivity contribution in [1.29, 1.82) is 0 Å². The second kappa shape index (κ2) is 5.08. The van der Waals surface area contributed by atoms with Gasteiger partial charge in [-0.15, -0.1) is 0 Å². The Morgan fingerprint density at radius 3 is 2.71 bits per heavy atom. The molecule has 0 unspecified atom stereocenters. The normalized spacial score (nSPS) is 16.0. The van der Waals surface area contributed by atoms with E-state index in [0.29, 0.717) is 12.5 Å². The second-order valence-corrected chi connectivity index (χ2v) is 4.56. The number of carbonyl (C=O) groups is 1. The minimum absolute atomic E-state index is 0.0196. The Balaban J connectivity index is 1.96. The molecule has 2 rings (SSSR count). The highest BCUT2D eigenvalue weighted by molar-refractivity contribution is 5.97. The second-order valence-electron chi connectivity index (χ2n) is 4.56. The summed E-state index contributed by atoms with van der Waals surface area (Å²) in [5.74, 6) is 0.101. The van der Waals surface area contributed by atoms with E-state index in [4.69, 9.17) is 0 Å². The molecule has 0 atom stereocenters. The molecule has 1 aromatic rings. The Hall–Kier alpha value is -1.71. The molecule has 4 heteroatoms. The van der Waals surface area contributed by atoms with Gasteiger partial charge >= 0.3 is 0 Å². The van der Waals surface area contributed by atoms with Crippen molar-refractivity contribution in [2.75, 3.05) is 6.54 Å². The van der Waals surface area contributed by atoms with Crippen LogP contribution in [0.15, 0.2) is 18.2 Å². The van der Waals surface area contributed by atoms with Gasteiger partial charge in [-0.3, -0.25) is 4.79 Å². The van der Waals surface area contributed by atoms with Crippen LogP contribution < -0.4 is 5.32 Å². The Morgan fingerprint density at radius 1 is 1.29 bits per heavy atom. The van der Waals surface area contributed by atoms with Gasteiger partial charge in [0.1, 0.15) is 11.5 Å². The summed E-state index contributed by atoms with van der Waals surface area (Å²) < 4.78 is 0. The number of aromatic hydroxyl groups is 2. The molecule has 0 aromatic heterocycles. The van der Waals surface area contributed by atoms with Crippen LogP contribution in [0, 0.1) is 5.92 Å². The molecule has 4 nitrogen and oxygen atoms in total. The largest absolute Gasteiger partial charge is 0.508 e. The fraction of sp³-hybridized carbons (Fsp3) is 0.462. The van der Waals surface area contributed by atoms with E-state index in [-0.39, 0.29) is 23.0 Å². The smallest absolute Gasteiger partial charge is 0.255 e. The molecule has 0 heterocycles. The van der Waals surface area contributed by atoms with Gasteiger partial charge in [0.2, 0.25) is 0 Å². The predicted molar refractivity (Wildman–Crippen MR) is 64.1 cm³/mol. The Bertz CT molecular complexity index is 411. The van der Waals surface area contributed by atoms with Gasteiger partial charge in [0.05, 0.1) is 5.56 Å². The first-order valence-corrected chi connectivity index (χ1v) is 5.97. The van der Waals surface area contributed by atoms with Gasteiger partial charge in [-0.25, -0.2) is 0 Å². The zero-order valence-electron chi connectivity index (χ0n) is 9.65. The lowest BCUT2D eigenvalue weighted by Crippen LogP contribution is -2.28. The predicted octanol–water partition coefficient (Wildman–Crippen LogP) is 2.02. The third-order valence-corrected chi connectivity index (χ3v) is 3.25. The summed E-state index contributed by atoms with van der Waals surface area (Å²) in [4.78, 5) is 11.8. The molecule has 17 heavy (non-hydrogen) atoms. The van der Waals surface area contributed by atoms with Crippen molar-refractivity contribution in [1.82, 2.24) is 5.32 Å². The van der Waals surface area contributed by atoms with Crippen LogP contribution in [-0.4, -0.2) is 22.7 Å². The number of rotatable bonds is 3. The van der Waals surface area contributed by atoms with Gasteiger partial charge < -0.3 is 15.5 Å². The van der Waals surface area contributed by atoms with Crippen LogP contribution in [0.3, 0.4) is 0 Å². The van der Waals surface area contributed by atoms with E-state index in [1.807, 2.05) is 0 Å². The van der Waals surface area contributed by atoms with Crippen molar-refractivity contribution < 1.29 is 15.0 Å². The van der Waals surface area contributed by atoms with Crippen LogP contribution in [-0.2, 0) is 0 Å². The summed E-state index contributed by atoms with van der Waals surface area (Å²) in [6.45, 7) is 0.647. The molecule has 0 spiro atoms. The topological polar surface area (TPSA) is 69.6 Å². The number of nitrogens with one attached hydrogen (secondary N) is 1. The van der Waals surface area contributed by atoms with E-state index >= 15 is 0 Å². The SMILES string of the molecule is O=C(NCC1CCCC1)c1cc(O)ccc1O. The van der Waals surface area contributed by atoms with Crippen molar-refractivity contribution in [2.24, 2.45) is 5.92 Å². The van der Waals surface area contributed by atoms with Gasteiger partial charge in [0.15, 0.2) is 0 Å². The summed E-state index contributed by atoms with van der Waals surface area (Å²) in [6.07, 6.45) is 4.79. The Kier molecular flexibility index (Phi) is 3.52. The molecule has 1 saturated carbocycles. The standard InChI is InChI=1S/C13H17NO3/c15-10-5-6-12(16)11(7-10)13(17)14-8-9-3-1-2-4-9/h5-7,9,15-16H,1-4,8H2,(H,14,17). The average Bonchev–Trinajstić information content (AvgIpc) is 2.82. The monoisotopic (exact) mass is 235 g/mol. The van der Waals surface area contributed by atoms with Gasteiger partial charge in [-0.05, 0) is 37.0 Å². The maximum absolute atomic E-state index is 11.8. The number of phenols is 2.